The predicted molar refractivity (Wildman–Crippen MR) is 98.5 cm³/mol. The van der Waals surface area contributed by atoms with Gasteiger partial charge in [0.1, 0.15) is 5.75 Å². The van der Waals surface area contributed by atoms with Crippen molar-refractivity contribution in [3.05, 3.63) is 24.3 Å². The first kappa shape index (κ1) is 19.5. The first-order valence-electron chi connectivity index (χ1n) is 8.36. The quantitative estimate of drug-likeness (QED) is 0.749. The summed E-state index contributed by atoms with van der Waals surface area (Å²) in [4.78, 5) is 16.4. The van der Waals surface area contributed by atoms with Crippen molar-refractivity contribution in [3.8, 4) is 5.75 Å². The number of hydrogen-bond acceptors (Lipinski definition) is 5. The number of carbonyl (C=O) groups excluding carboxylic acids is 1. The van der Waals surface area contributed by atoms with E-state index < -0.39 is 10.0 Å². The van der Waals surface area contributed by atoms with E-state index in [-0.39, 0.29) is 18.5 Å². The third-order valence-electron chi connectivity index (χ3n) is 4.36. The van der Waals surface area contributed by atoms with Crippen molar-refractivity contribution < 1.29 is 17.9 Å². The fourth-order valence-corrected chi connectivity index (χ4v) is 4.03. The van der Waals surface area contributed by atoms with E-state index in [9.17, 15) is 13.2 Å². The predicted octanol–water partition coefficient (Wildman–Crippen LogP) is 1.01. The highest BCUT2D eigenvalue weighted by Gasteiger charge is 2.27. The Balaban J connectivity index is 1.93. The van der Waals surface area contributed by atoms with Crippen molar-refractivity contribution in [2.45, 2.75) is 19.9 Å². The molecule has 0 spiro atoms. The monoisotopic (exact) mass is 369 g/mol. The second kappa shape index (κ2) is 8.05. The van der Waals surface area contributed by atoms with Gasteiger partial charge in [0, 0.05) is 37.9 Å². The van der Waals surface area contributed by atoms with E-state index in [2.05, 4.69) is 4.90 Å². The average molecular weight is 369 g/mol. The maximum Gasteiger partial charge on any atom is 0.238 e. The molecule has 1 fully saturated rings. The largest absolute Gasteiger partial charge is 0.497 e. The Morgan fingerprint density at radius 3 is 2.16 bits per heavy atom. The lowest BCUT2D eigenvalue weighted by molar-refractivity contribution is -0.131. The molecule has 1 aliphatic heterocycles. The molecule has 8 heteroatoms. The number of sulfonamides is 1. The van der Waals surface area contributed by atoms with Crippen LogP contribution in [0.4, 0.5) is 5.69 Å². The third-order valence-corrected chi connectivity index (χ3v) is 5.77. The van der Waals surface area contributed by atoms with Gasteiger partial charge in [0.15, 0.2) is 0 Å². The number of benzene rings is 1. The first-order valence-corrected chi connectivity index (χ1v) is 10.2. The molecular formula is C17H27N3O4S. The lowest BCUT2D eigenvalue weighted by atomic mass is 10.2. The van der Waals surface area contributed by atoms with Crippen molar-refractivity contribution in [2.24, 2.45) is 0 Å². The molecule has 0 aliphatic carbocycles. The Morgan fingerprint density at radius 1 is 1.16 bits per heavy atom. The molecule has 1 saturated heterocycles. The Kier molecular flexibility index (Phi) is 6.29. The lowest BCUT2D eigenvalue weighted by Crippen LogP contribution is -2.52. The highest BCUT2D eigenvalue weighted by atomic mass is 32.2. The number of piperazine rings is 1. The summed E-state index contributed by atoms with van der Waals surface area (Å²) in [5.41, 5.74) is 1.09. The van der Waals surface area contributed by atoms with Crippen molar-refractivity contribution >= 4 is 21.6 Å². The minimum absolute atomic E-state index is 0.0982. The van der Waals surface area contributed by atoms with Crippen LogP contribution in [0.3, 0.4) is 0 Å². The topological polar surface area (TPSA) is 70.2 Å². The van der Waals surface area contributed by atoms with E-state index in [1.807, 2.05) is 24.3 Å². The summed E-state index contributed by atoms with van der Waals surface area (Å²) in [6, 6.07) is 7.60. The maximum atomic E-state index is 12.5. The fourth-order valence-electron chi connectivity index (χ4n) is 2.92. The molecule has 140 valence electrons. The fraction of sp³-hybridized carbons (Fsp3) is 0.588. The van der Waals surface area contributed by atoms with Crippen molar-refractivity contribution in [1.82, 2.24) is 9.21 Å². The van der Waals surface area contributed by atoms with Crippen molar-refractivity contribution in [3.63, 3.8) is 0 Å². The molecule has 7 nitrogen and oxygen atoms in total. The van der Waals surface area contributed by atoms with Crippen LogP contribution in [0.1, 0.15) is 13.8 Å². The molecule has 1 aliphatic rings. The molecule has 0 bridgehead atoms. The van der Waals surface area contributed by atoms with Crippen LogP contribution in [-0.2, 0) is 14.8 Å². The number of anilines is 1. The SMILES string of the molecule is COc1ccc(N2CCN(C(=O)CN(C(C)C)S(C)(=O)=O)CC2)cc1. The molecular weight excluding hydrogens is 342 g/mol. The number of ether oxygens (including phenoxy) is 1. The summed E-state index contributed by atoms with van der Waals surface area (Å²) in [6.45, 7) is 6.06. The highest BCUT2D eigenvalue weighted by molar-refractivity contribution is 7.88. The number of nitrogens with zero attached hydrogens (tertiary/aromatic N) is 3. The number of rotatable bonds is 6. The van der Waals surface area contributed by atoms with Gasteiger partial charge in [-0.1, -0.05) is 0 Å². The minimum atomic E-state index is -3.39. The summed E-state index contributed by atoms with van der Waals surface area (Å²) in [5, 5.41) is 0. The van der Waals surface area contributed by atoms with Gasteiger partial charge in [-0.3, -0.25) is 4.79 Å². The summed E-state index contributed by atoms with van der Waals surface area (Å²) in [7, 11) is -1.76. The number of hydrogen-bond donors (Lipinski definition) is 0. The second-order valence-corrected chi connectivity index (χ2v) is 8.40. The molecule has 0 aromatic heterocycles. The zero-order chi connectivity index (χ0) is 18.6. The van der Waals surface area contributed by atoms with Gasteiger partial charge in [0.25, 0.3) is 0 Å². The van der Waals surface area contributed by atoms with E-state index in [0.29, 0.717) is 13.1 Å². The van der Waals surface area contributed by atoms with Gasteiger partial charge < -0.3 is 14.5 Å². The Labute approximate surface area is 150 Å². The first-order chi connectivity index (χ1) is 11.7. The normalized spacial score (nSPS) is 15.8. The van der Waals surface area contributed by atoms with Gasteiger partial charge in [-0.2, -0.15) is 4.31 Å². The highest BCUT2D eigenvalue weighted by Crippen LogP contribution is 2.20. The summed E-state index contributed by atoms with van der Waals surface area (Å²) >= 11 is 0. The Morgan fingerprint density at radius 2 is 1.72 bits per heavy atom. The molecule has 0 unspecified atom stereocenters. The third kappa shape index (κ3) is 5.09. The molecule has 1 aromatic rings. The molecule has 25 heavy (non-hydrogen) atoms. The lowest BCUT2D eigenvalue weighted by Gasteiger charge is -2.37. The molecule has 2 rings (SSSR count). The number of methoxy groups -OCH3 is 1. The Bertz CT molecular complexity index is 680. The standard InChI is InChI=1S/C17H27N3O4S/c1-14(2)20(25(4,22)23)13-17(21)19-11-9-18(10-12-19)15-5-7-16(24-3)8-6-15/h5-8,14H,9-13H2,1-4H3. The van der Waals surface area contributed by atoms with Crippen LogP contribution in [-0.4, -0.2) is 75.7 Å². The number of amides is 1. The average Bonchev–Trinajstić information content (AvgIpc) is 2.58. The molecule has 1 aromatic carbocycles. The van der Waals surface area contributed by atoms with Crippen molar-refractivity contribution in [2.75, 3.05) is 51.0 Å². The summed E-state index contributed by atoms with van der Waals surface area (Å²) in [6.07, 6.45) is 1.14. The van der Waals surface area contributed by atoms with Gasteiger partial charge in [0.2, 0.25) is 15.9 Å². The zero-order valence-corrected chi connectivity index (χ0v) is 16.1. The molecule has 0 saturated carbocycles. The molecule has 0 atom stereocenters. The molecule has 0 N–H and O–H groups in total. The van der Waals surface area contributed by atoms with E-state index in [4.69, 9.17) is 4.74 Å². The minimum Gasteiger partial charge on any atom is -0.497 e. The van der Waals surface area contributed by atoms with Gasteiger partial charge in [-0.25, -0.2) is 8.42 Å². The van der Waals surface area contributed by atoms with Crippen LogP contribution < -0.4 is 9.64 Å². The van der Waals surface area contributed by atoms with Crippen LogP contribution in [0.5, 0.6) is 5.75 Å². The van der Waals surface area contributed by atoms with Gasteiger partial charge in [-0.15, -0.1) is 0 Å². The van der Waals surface area contributed by atoms with Crippen molar-refractivity contribution in [1.29, 1.82) is 0 Å². The van der Waals surface area contributed by atoms with Crippen LogP contribution in [0.2, 0.25) is 0 Å². The number of carbonyl (C=O) groups is 1. The van der Waals surface area contributed by atoms with Gasteiger partial charge in [-0.05, 0) is 38.1 Å². The van der Waals surface area contributed by atoms with E-state index in [1.54, 1.807) is 25.9 Å². The van der Waals surface area contributed by atoms with Gasteiger partial charge >= 0.3 is 0 Å². The molecule has 1 heterocycles. The maximum absolute atomic E-state index is 12.5. The van der Waals surface area contributed by atoms with E-state index >= 15 is 0 Å². The van der Waals surface area contributed by atoms with Crippen LogP contribution in [0, 0.1) is 0 Å². The second-order valence-electron chi connectivity index (χ2n) is 6.47. The summed E-state index contributed by atoms with van der Waals surface area (Å²) in [5.74, 6) is 0.667. The van der Waals surface area contributed by atoms with Crippen LogP contribution in [0.25, 0.3) is 0 Å². The van der Waals surface area contributed by atoms with Gasteiger partial charge in [0.05, 0.1) is 19.9 Å². The van der Waals surface area contributed by atoms with Crippen LogP contribution >= 0.6 is 0 Å². The smallest absolute Gasteiger partial charge is 0.238 e. The zero-order valence-electron chi connectivity index (χ0n) is 15.3. The molecule has 1 amide bonds. The van der Waals surface area contributed by atoms with Crippen LogP contribution in [0.15, 0.2) is 24.3 Å². The van der Waals surface area contributed by atoms with E-state index in [0.717, 1.165) is 30.8 Å². The molecule has 0 radical (unpaired) electrons. The van der Waals surface area contributed by atoms with E-state index in [1.165, 1.54) is 4.31 Å². The summed E-state index contributed by atoms with van der Waals surface area (Å²) < 4.78 is 30.0. The Hall–Kier alpha value is -1.80.